The summed E-state index contributed by atoms with van der Waals surface area (Å²) < 4.78 is 1.93. The topological polar surface area (TPSA) is 3.01 Å². The van der Waals surface area contributed by atoms with Gasteiger partial charge in [-0.05, 0) is 17.7 Å². The molecule has 1 rings (SSSR count). The quantitative estimate of drug-likeness (QED) is 0.540. The smallest absolute Gasteiger partial charge is 0.164 e. The van der Waals surface area contributed by atoms with Crippen LogP contribution in [0.5, 0.6) is 0 Å². The molecule has 1 aromatic carbocycles. The summed E-state index contributed by atoms with van der Waals surface area (Å²) in [7, 11) is 3.89. The Balaban J connectivity index is 2.89. The Labute approximate surface area is 94.3 Å². The normalized spacial score (nSPS) is 11.3. The van der Waals surface area contributed by atoms with Gasteiger partial charge in [-0.15, -0.1) is 0 Å². The fourth-order valence-corrected chi connectivity index (χ4v) is 1.23. The third kappa shape index (κ3) is 3.52. The summed E-state index contributed by atoms with van der Waals surface area (Å²) in [5.74, 6) is 0. The molecule has 1 nitrogen and oxygen atoms in total. The van der Waals surface area contributed by atoms with E-state index in [-0.39, 0.29) is 0 Å². The Morgan fingerprint density at radius 1 is 1.21 bits per heavy atom. The molecule has 0 saturated carbocycles. The van der Waals surface area contributed by atoms with Gasteiger partial charge < -0.3 is 0 Å². The van der Waals surface area contributed by atoms with Gasteiger partial charge in [0.05, 0.1) is 5.03 Å². The van der Waals surface area contributed by atoms with Gasteiger partial charge in [0.15, 0.2) is 6.21 Å². The van der Waals surface area contributed by atoms with Crippen LogP contribution < -0.4 is 0 Å². The number of allylic oxidation sites excluding steroid dienone is 1. The van der Waals surface area contributed by atoms with Crippen molar-refractivity contribution in [2.45, 2.75) is 0 Å². The summed E-state index contributed by atoms with van der Waals surface area (Å²) in [5.41, 5.74) is 0.967. The van der Waals surface area contributed by atoms with Gasteiger partial charge in [0, 0.05) is 11.1 Å². The first-order valence-corrected chi connectivity index (χ1v) is 4.98. The van der Waals surface area contributed by atoms with Gasteiger partial charge in [-0.25, -0.2) is 4.58 Å². The van der Waals surface area contributed by atoms with Crippen molar-refractivity contribution in [2.75, 3.05) is 14.1 Å². The molecular formula is C11H12Cl2N+. The maximum Gasteiger partial charge on any atom is 0.164 e. The van der Waals surface area contributed by atoms with Crippen molar-refractivity contribution >= 4 is 34.4 Å². The first kappa shape index (κ1) is 11.3. The molecule has 0 atom stereocenters. The maximum atomic E-state index is 6.06. The van der Waals surface area contributed by atoms with E-state index in [0.29, 0.717) is 5.03 Å². The number of hydrogen-bond donors (Lipinski definition) is 0. The van der Waals surface area contributed by atoms with Crippen LogP contribution in [0, 0.1) is 0 Å². The molecule has 1 aromatic rings. The van der Waals surface area contributed by atoms with Gasteiger partial charge in [0.1, 0.15) is 14.1 Å². The van der Waals surface area contributed by atoms with Crippen LogP contribution in [0.2, 0.25) is 5.02 Å². The van der Waals surface area contributed by atoms with E-state index < -0.39 is 0 Å². The molecule has 0 fully saturated rings. The Bertz CT molecular complexity index is 359. The molecule has 0 aliphatic rings. The maximum absolute atomic E-state index is 6.06. The van der Waals surface area contributed by atoms with E-state index in [1.807, 2.05) is 55.2 Å². The standard InChI is InChI=1S/C11H12Cl2N/c1-14(2)8-7-11(13)9-3-5-10(12)6-4-9/h3-8H,1-2H3/q+1/b11-7+. The zero-order chi connectivity index (χ0) is 10.6. The molecule has 0 amide bonds. The molecule has 0 aromatic heterocycles. The van der Waals surface area contributed by atoms with Gasteiger partial charge in [-0.3, -0.25) is 0 Å². The minimum absolute atomic E-state index is 0.704. The van der Waals surface area contributed by atoms with E-state index >= 15 is 0 Å². The number of nitrogens with zero attached hydrogens (tertiary/aromatic N) is 1. The van der Waals surface area contributed by atoms with Crippen molar-refractivity contribution in [1.82, 2.24) is 0 Å². The third-order valence-corrected chi connectivity index (χ3v) is 2.24. The fourth-order valence-electron chi connectivity index (χ4n) is 0.920. The Morgan fingerprint density at radius 3 is 2.29 bits per heavy atom. The summed E-state index contributed by atoms with van der Waals surface area (Å²) in [5, 5.41) is 1.42. The molecule has 0 spiro atoms. The third-order valence-electron chi connectivity index (χ3n) is 1.64. The molecule has 0 aliphatic carbocycles. The average molecular weight is 229 g/mol. The van der Waals surface area contributed by atoms with Crippen LogP contribution in [0.1, 0.15) is 5.56 Å². The van der Waals surface area contributed by atoms with Crippen LogP contribution in [-0.4, -0.2) is 24.9 Å². The van der Waals surface area contributed by atoms with Crippen molar-refractivity contribution in [3.8, 4) is 0 Å². The van der Waals surface area contributed by atoms with Gasteiger partial charge in [-0.1, -0.05) is 35.3 Å². The van der Waals surface area contributed by atoms with Gasteiger partial charge in [0.2, 0.25) is 0 Å². The highest BCUT2D eigenvalue weighted by atomic mass is 35.5. The number of rotatable bonds is 2. The zero-order valence-corrected chi connectivity index (χ0v) is 9.68. The summed E-state index contributed by atoms with van der Waals surface area (Å²) in [6, 6.07) is 7.43. The van der Waals surface area contributed by atoms with Crippen molar-refractivity contribution < 1.29 is 4.58 Å². The van der Waals surface area contributed by atoms with E-state index in [1.165, 1.54) is 0 Å². The molecule has 0 unspecified atom stereocenters. The van der Waals surface area contributed by atoms with Crippen molar-refractivity contribution in [3.05, 3.63) is 40.9 Å². The summed E-state index contributed by atoms with van der Waals surface area (Å²) in [6.07, 6.45) is 3.75. The second-order valence-electron chi connectivity index (χ2n) is 3.13. The molecule has 0 radical (unpaired) electrons. The van der Waals surface area contributed by atoms with Crippen LogP contribution >= 0.6 is 23.2 Å². The lowest BCUT2D eigenvalue weighted by Gasteiger charge is -1.97. The highest BCUT2D eigenvalue weighted by Gasteiger charge is 1.97. The van der Waals surface area contributed by atoms with Crippen LogP contribution in [0.4, 0.5) is 0 Å². The van der Waals surface area contributed by atoms with Crippen molar-refractivity contribution in [2.24, 2.45) is 0 Å². The molecule has 0 N–H and O–H groups in total. The average Bonchev–Trinajstić information content (AvgIpc) is 2.15. The van der Waals surface area contributed by atoms with Crippen LogP contribution in [-0.2, 0) is 0 Å². The lowest BCUT2D eigenvalue weighted by atomic mass is 10.2. The van der Waals surface area contributed by atoms with Crippen LogP contribution in [0.15, 0.2) is 30.3 Å². The number of hydrogen-bond acceptors (Lipinski definition) is 0. The minimum atomic E-state index is 0.704. The van der Waals surface area contributed by atoms with Gasteiger partial charge >= 0.3 is 0 Å². The first-order valence-electron chi connectivity index (χ1n) is 4.22. The lowest BCUT2D eigenvalue weighted by molar-refractivity contribution is -0.458. The Morgan fingerprint density at radius 2 is 1.79 bits per heavy atom. The van der Waals surface area contributed by atoms with Crippen molar-refractivity contribution in [1.29, 1.82) is 0 Å². The largest absolute Gasteiger partial charge is 0.241 e. The predicted octanol–water partition coefficient (Wildman–Crippen LogP) is 3.26. The van der Waals surface area contributed by atoms with E-state index in [9.17, 15) is 0 Å². The Hall–Kier alpha value is -0.790. The molecule has 0 heterocycles. The molecular weight excluding hydrogens is 217 g/mol. The molecule has 3 heteroatoms. The lowest BCUT2D eigenvalue weighted by Crippen LogP contribution is -1.95. The Kier molecular flexibility index (Phi) is 4.18. The van der Waals surface area contributed by atoms with E-state index in [4.69, 9.17) is 23.2 Å². The summed E-state index contributed by atoms with van der Waals surface area (Å²) in [4.78, 5) is 0. The van der Waals surface area contributed by atoms with Gasteiger partial charge in [-0.2, -0.15) is 0 Å². The molecule has 74 valence electrons. The van der Waals surface area contributed by atoms with E-state index in [0.717, 1.165) is 10.6 Å². The predicted molar refractivity (Wildman–Crippen MR) is 63.5 cm³/mol. The van der Waals surface area contributed by atoms with E-state index in [1.54, 1.807) is 0 Å². The molecule has 14 heavy (non-hydrogen) atoms. The fraction of sp³-hybridized carbons (Fsp3) is 0.182. The monoisotopic (exact) mass is 228 g/mol. The second-order valence-corrected chi connectivity index (χ2v) is 3.98. The molecule has 0 bridgehead atoms. The number of halogens is 2. The summed E-state index contributed by atoms with van der Waals surface area (Å²) >= 11 is 11.8. The highest BCUT2D eigenvalue weighted by Crippen LogP contribution is 2.19. The van der Waals surface area contributed by atoms with E-state index in [2.05, 4.69) is 0 Å². The first-order chi connectivity index (χ1) is 6.59. The SMILES string of the molecule is C[N+](C)=C/C=C(/Cl)c1ccc(Cl)cc1. The van der Waals surface area contributed by atoms with Gasteiger partial charge in [0.25, 0.3) is 0 Å². The van der Waals surface area contributed by atoms with Crippen molar-refractivity contribution in [3.63, 3.8) is 0 Å². The molecule has 0 saturated heterocycles. The minimum Gasteiger partial charge on any atom is -0.241 e. The number of benzene rings is 1. The second kappa shape index (κ2) is 5.18. The summed E-state index contributed by atoms with van der Waals surface area (Å²) in [6.45, 7) is 0. The van der Waals surface area contributed by atoms with Crippen LogP contribution in [0.25, 0.3) is 5.03 Å². The van der Waals surface area contributed by atoms with Crippen LogP contribution in [0.3, 0.4) is 0 Å². The molecule has 0 aliphatic heterocycles. The zero-order valence-electron chi connectivity index (χ0n) is 8.17. The highest BCUT2D eigenvalue weighted by molar-refractivity contribution is 6.49.